The first-order valence-corrected chi connectivity index (χ1v) is 12.4. The van der Waals surface area contributed by atoms with Crippen LogP contribution in [0.25, 0.3) is 0 Å². The SMILES string of the molecule is CCCCOc1cccc(C(=O)Nc2ccc(N3CCN(C(=O)c4ccc(OC)cc4)CC3)cc2)c1. The van der Waals surface area contributed by atoms with Gasteiger partial charge in [-0.3, -0.25) is 9.59 Å². The lowest BCUT2D eigenvalue weighted by atomic mass is 10.1. The van der Waals surface area contributed by atoms with Gasteiger partial charge in [-0.2, -0.15) is 0 Å². The van der Waals surface area contributed by atoms with Crippen LogP contribution in [0, 0.1) is 0 Å². The Morgan fingerprint density at radius 2 is 1.58 bits per heavy atom. The third-order valence-electron chi connectivity index (χ3n) is 6.26. The van der Waals surface area contributed by atoms with Crippen LogP contribution in [0.15, 0.2) is 72.8 Å². The van der Waals surface area contributed by atoms with Crippen LogP contribution in [-0.4, -0.2) is 56.6 Å². The molecular formula is C29H33N3O4. The van der Waals surface area contributed by atoms with Gasteiger partial charge in [-0.05, 0) is 73.2 Å². The van der Waals surface area contributed by atoms with E-state index in [1.54, 1.807) is 31.4 Å². The zero-order valence-corrected chi connectivity index (χ0v) is 20.9. The lowest BCUT2D eigenvalue weighted by Gasteiger charge is -2.36. The number of nitrogens with one attached hydrogen (secondary N) is 1. The smallest absolute Gasteiger partial charge is 0.255 e. The quantitative estimate of drug-likeness (QED) is 0.426. The number of nitrogens with zero attached hydrogens (tertiary/aromatic N) is 2. The topological polar surface area (TPSA) is 71.1 Å². The van der Waals surface area contributed by atoms with Gasteiger partial charge in [0.1, 0.15) is 11.5 Å². The number of amides is 2. The third-order valence-corrected chi connectivity index (χ3v) is 6.26. The number of methoxy groups -OCH3 is 1. The second-order valence-corrected chi connectivity index (χ2v) is 8.74. The van der Waals surface area contributed by atoms with E-state index < -0.39 is 0 Å². The summed E-state index contributed by atoms with van der Waals surface area (Å²) in [5.74, 6) is 1.31. The van der Waals surface area contributed by atoms with Crippen LogP contribution in [0.5, 0.6) is 11.5 Å². The molecule has 0 unspecified atom stereocenters. The van der Waals surface area contributed by atoms with Gasteiger partial charge in [0.2, 0.25) is 0 Å². The Labute approximate surface area is 212 Å². The van der Waals surface area contributed by atoms with Crippen molar-refractivity contribution in [2.45, 2.75) is 19.8 Å². The fourth-order valence-corrected chi connectivity index (χ4v) is 4.10. The summed E-state index contributed by atoms with van der Waals surface area (Å²) >= 11 is 0. The Hall–Kier alpha value is -4.00. The molecule has 3 aromatic carbocycles. The molecule has 0 aromatic heterocycles. The molecule has 0 saturated carbocycles. The molecule has 0 spiro atoms. The number of anilines is 2. The Kier molecular flexibility index (Phi) is 8.44. The molecule has 188 valence electrons. The first-order valence-electron chi connectivity index (χ1n) is 12.4. The molecule has 36 heavy (non-hydrogen) atoms. The first-order chi connectivity index (χ1) is 17.6. The zero-order chi connectivity index (χ0) is 25.3. The van der Waals surface area contributed by atoms with Crippen LogP contribution in [0.2, 0.25) is 0 Å². The van der Waals surface area contributed by atoms with Gasteiger partial charge in [-0.1, -0.05) is 19.4 Å². The number of carbonyl (C=O) groups is 2. The van der Waals surface area contributed by atoms with E-state index >= 15 is 0 Å². The zero-order valence-electron chi connectivity index (χ0n) is 20.9. The molecule has 1 aliphatic heterocycles. The normalized spacial score (nSPS) is 13.3. The molecule has 1 aliphatic rings. The largest absolute Gasteiger partial charge is 0.497 e. The van der Waals surface area contributed by atoms with Crippen LogP contribution in [0.3, 0.4) is 0 Å². The van der Waals surface area contributed by atoms with E-state index in [0.717, 1.165) is 43.1 Å². The number of hydrogen-bond donors (Lipinski definition) is 1. The molecule has 1 heterocycles. The molecule has 3 aromatic rings. The lowest BCUT2D eigenvalue weighted by molar-refractivity contribution is 0.0746. The van der Waals surface area contributed by atoms with Crippen molar-refractivity contribution in [3.8, 4) is 11.5 Å². The van der Waals surface area contributed by atoms with Crippen molar-refractivity contribution in [1.82, 2.24) is 4.90 Å². The molecule has 1 N–H and O–H groups in total. The van der Waals surface area contributed by atoms with Crippen molar-refractivity contribution in [3.63, 3.8) is 0 Å². The maximum Gasteiger partial charge on any atom is 0.255 e. The minimum absolute atomic E-state index is 0.0372. The number of piperazine rings is 1. The highest BCUT2D eigenvalue weighted by molar-refractivity contribution is 6.04. The van der Waals surface area contributed by atoms with Gasteiger partial charge in [0, 0.05) is 48.7 Å². The number of hydrogen-bond acceptors (Lipinski definition) is 5. The van der Waals surface area contributed by atoms with E-state index in [4.69, 9.17) is 9.47 Å². The molecular weight excluding hydrogens is 454 g/mol. The Morgan fingerprint density at radius 3 is 2.25 bits per heavy atom. The summed E-state index contributed by atoms with van der Waals surface area (Å²) < 4.78 is 10.9. The van der Waals surface area contributed by atoms with E-state index in [-0.39, 0.29) is 11.8 Å². The fourth-order valence-electron chi connectivity index (χ4n) is 4.10. The summed E-state index contributed by atoms with van der Waals surface area (Å²) in [4.78, 5) is 29.7. The van der Waals surface area contributed by atoms with Crippen LogP contribution in [0.1, 0.15) is 40.5 Å². The summed E-state index contributed by atoms with van der Waals surface area (Å²) in [5, 5.41) is 2.96. The van der Waals surface area contributed by atoms with Crippen LogP contribution >= 0.6 is 0 Å². The summed E-state index contributed by atoms with van der Waals surface area (Å²) in [5.41, 5.74) is 3.03. The molecule has 0 atom stereocenters. The number of carbonyl (C=O) groups excluding carboxylic acids is 2. The maximum absolute atomic E-state index is 12.8. The summed E-state index contributed by atoms with van der Waals surface area (Å²) in [7, 11) is 1.61. The number of rotatable bonds is 9. The second-order valence-electron chi connectivity index (χ2n) is 8.74. The highest BCUT2D eigenvalue weighted by atomic mass is 16.5. The van der Waals surface area contributed by atoms with Gasteiger partial charge in [0.15, 0.2) is 0 Å². The van der Waals surface area contributed by atoms with Crippen molar-refractivity contribution in [3.05, 3.63) is 83.9 Å². The number of ether oxygens (including phenoxy) is 2. The molecule has 4 rings (SSSR count). The minimum atomic E-state index is -0.172. The van der Waals surface area contributed by atoms with E-state index in [9.17, 15) is 9.59 Å². The van der Waals surface area contributed by atoms with Gasteiger partial charge < -0.3 is 24.6 Å². The van der Waals surface area contributed by atoms with E-state index in [1.807, 2.05) is 53.4 Å². The standard InChI is InChI=1S/C29H33N3O4/c1-3-4-20-36-27-7-5-6-23(21-27)28(33)30-24-10-12-25(13-11-24)31-16-18-32(19-17-31)29(34)22-8-14-26(35-2)15-9-22/h5-15,21H,3-4,16-20H2,1-2H3,(H,30,33). The average molecular weight is 488 g/mol. The summed E-state index contributed by atoms with van der Waals surface area (Å²) in [6, 6.07) is 22.3. The second kappa shape index (κ2) is 12.1. The Morgan fingerprint density at radius 1 is 0.861 bits per heavy atom. The Bertz CT molecular complexity index is 1150. The van der Waals surface area contributed by atoms with Crippen molar-refractivity contribution < 1.29 is 19.1 Å². The minimum Gasteiger partial charge on any atom is -0.497 e. The summed E-state index contributed by atoms with van der Waals surface area (Å²) in [6.07, 6.45) is 2.05. The molecule has 7 nitrogen and oxygen atoms in total. The predicted molar refractivity (Wildman–Crippen MR) is 142 cm³/mol. The first kappa shape index (κ1) is 25.1. The average Bonchev–Trinajstić information content (AvgIpc) is 2.93. The molecule has 0 aliphatic carbocycles. The van der Waals surface area contributed by atoms with E-state index in [2.05, 4.69) is 17.1 Å². The third kappa shape index (κ3) is 6.36. The van der Waals surface area contributed by atoms with Gasteiger partial charge in [0.25, 0.3) is 11.8 Å². The van der Waals surface area contributed by atoms with Gasteiger partial charge in [-0.25, -0.2) is 0 Å². The van der Waals surface area contributed by atoms with Gasteiger partial charge in [0.05, 0.1) is 13.7 Å². The van der Waals surface area contributed by atoms with Crippen LogP contribution in [-0.2, 0) is 0 Å². The predicted octanol–water partition coefficient (Wildman–Crippen LogP) is 5.09. The van der Waals surface area contributed by atoms with Crippen molar-refractivity contribution in [1.29, 1.82) is 0 Å². The van der Waals surface area contributed by atoms with Crippen LogP contribution in [0.4, 0.5) is 11.4 Å². The monoisotopic (exact) mass is 487 g/mol. The molecule has 0 bridgehead atoms. The van der Waals surface area contributed by atoms with Crippen molar-refractivity contribution in [2.24, 2.45) is 0 Å². The molecule has 0 radical (unpaired) electrons. The summed E-state index contributed by atoms with van der Waals surface area (Å²) in [6.45, 7) is 5.56. The molecule has 1 saturated heterocycles. The number of unbranched alkanes of at least 4 members (excludes halogenated alkanes) is 1. The van der Waals surface area contributed by atoms with Gasteiger partial charge >= 0.3 is 0 Å². The van der Waals surface area contributed by atoms with Crippen LogP contribution < -0.4 is 19.7 Å². The number of benzene rings is 3. The molecule has 7 heteroatoms. The maximum atomic E-state index is 12.8. The molecule has 1 fully saturated rings. The van der Waals surface area contributed by atoms with Crippen molar-refractivity contribution in [2.75, 3.05) is 50.1 Å². The van der Waals surface area contributed by atoms with E-state index in [1.165, 1.54) is 0 Å². The molecule has 2 amide bonds. The van der Waals surface area contributed by atoms with Crippen molar-refractivity contribution >= 4 is 23.2 Å². The van der Waals surface area contributed by atoms with E-state index in [0.29, 0.717) is 36.6 Å². The fraction of sp³-hybridized carbons (Fsp3) is 0.310. The van der Waals surface area contributed by atoms with Gasteiger partial charge in [-0.15, -0.1) is 0 Å². The highest BCUT2D eigenvalue weighted by Crippen LogP contribution is 2.22. The Balaban J connectivity index is 1.29. The lowest BCUT2D eigenvalue weighted by Crippen LogP contribution is -2.48. The highest BCUT2D eigenvalue weighted by Gasteiger charge is 2.22.